The minimum Gasteiger partial charge on any atom is -0.312 e. The topological polar surface area (TPSA) is 55.2 Å². The Labute approximate surface area is 149 Å². The van der Waals surface area contributed by atoms with E-state index in [0.29, 0.717) is 24.9 Å². The van der Waals surface area contributed by atoms with Gasteiger partial charge in [-0.2, -0.15) is 0 Å². The number of para-hydroxylation sites is 1. The number of hydrogen-bond donors (Lipinski definition) is 0. The van der Waals surface area contributed by atoms with Crippen LogP contribution >= 0.6 is 11.3 Å². The highest BCUT2D eigenvalue weighted by Gasteiger charge is 2.24. The van der Waals surface area contributed by atoms with Gasteiger partial charge in [-0.1, -0.05) is 18.2 Å². The molecule has 0 bridgehead atoms. The molecule has 0 radical (unpaired) electrons. The summed E-state index contributed by atoms with van der Waals surface area (Å²) in [6, 6.07) is 8.00. The van der Waals surface area contributed by atoms with Crippen molar-refractivity contribution in [1.29, 1.82) is 0 Å². The van der Waals surface area contributed by atoms with Crippen LogP contribution in [-0.2, 0) is 17.8 Å². The standard InChI is InChI=1S/C19H19N3O2S/c1-12-13(2)25-18-17(12)19(24)21(11-20-18)9-8-16(23)22-10-7-14-5-3-4-6-15(14)22/h3-6,11H,7-10H2,1-2H3. The quantitative estimate of drug-likeness (QED) is 0.727. The van der Waals surface area contributed by atoms with Crippen LogP contribution in [0.2, 0.25) is 0 Å². The fourth-order valence-electron chi connectivity index (χ4n) is 3.38. The van der Waals surface area contributed by atoms with Crippen molar-refractivity contribution in [3.8, 4) is 0 Å². The number of rotatable bonds is 3. The zero-order valence-electron chi connectivity index (χ0n) is 14.3. The summed E-state index contributed by atoms with van der Waals surface area (Å²) >= 11 is 1.54. The lowest BCUT2D eigenvalue weighted by molar-refractivity contribution is -0.118. The Hall–Kier alpha value is -2.47. The molecule has 3 heterocycles. The van der Waals surface area contributed by atoms with Crippen LogP contribution in [0.3, 0.4) is 0 Å². The minimum atomic E-state index is -0.0542. The average molecular weight is 353 g/mol. The van der Waals surface area contributed by atoms with Crippen LogP contribution in [0.4, 0.5) is 5.69 Å². The van der Waals surface area contributed by atoms with Crippen molar-refractivity contribution in [3.05, 3.63) is 57.0 Å². The highest BCUT2D eigenvalue weighted by atomic mass is 32.1. The van der Waals surface area contributed by atoms with Gasteiger partial charge in [-0.15, -0.1) is 11.3 Å². The molecule has 128 valence electrons. The Kier molecular flexibility index (Phi) is 3.92. The van der Waals surface area contributed by atoms with E-state index < -0.39 is 0 Å². The molecule has 6 heteroatoms. The van der Waals surface area contributed by atoms with Crippen molar-refractivity contribution in [1.82, 2.24) is 9.55 Å². The maximum atomic E-state index is 12.7. The molecule has 0 spiro atoms. The summed E-state index contributed by atoms with van der Waals surface area (Å²) in [6.45, 7) is 5.02. The van der Waals surface area contributed by atoms with Crippen LogP contribution in [0.5, 0.6) is 0 Å². The molecule has 1 aliphatic heterocycles. The maximum Gasteiger partial charge on any atom is 0.262 e. The van der Waals surface area contributed by atoms with Crippen LogP contribution in [0.25, 0.3) is 10.2 Å². The van der Waals surface area contributed by atoms with E-state index in [4.69, 9.17) is 0 Å². The number of anilines is 1. The predicted octanol–water partition coefficient (Wildman–Crippen LogP) is 3.05. The van der Waals surface area contributed by atoms with Gasteiger partial charge < -0.3 is 4.90 Å². The van der Waals surface area contributed by atoms with Gasteiger partial charge in [0.2, 0.25) is 5.91 Å². The Morgan fingerprint density at radius 2 is 2.08 bits per heavy atom. The first-order valence-electron chi connectivity index (χ1n) is 8.39. The molecule has 1 aliphatic rings. The average Bonchev–Trinajstić information content (AvgIpc) is 3.16. The molecule has 0 saturated heterocycles. The number of aromatic nitrogens is 2. The third kappa shape index (κ3) is 2.66. The third-order valence-electron chi connectivity index (χ3n) is 4.91. The largest absolute Gasteiger partial charge is 0.312 e. The summed E-state index contributed by atoms with van der Waals surface area (Å²) in [4.78, 5) is 33.4. The van der Waals surface area contributed by atoms with Crippen molar-refractivity contribution >= 4 is 33.1 Å². The highest BCUT2D eigenvalue weighted by Crippen LogP contribution is 2.28. The molecule has 1 aromatic carbocycles. The summed E-state index contributed by atoms with van der Waals surface area (Å²) in [7, 11) is 0. The number of nitrogens with zero attached hydrogens (tertiary/aromatic N) is 3. The SMILES string of the molecule is Cc1sc2ncn(CCC(=O)N3CCc4ccccc43)c(=O)c2c1C. The number of carbonyl (C=O) groups excluding carboxylic acids is 1. The third-order valence-corrected chi connectivity index (χ3v) is 6.03. The Bertz CT molecular complexity index is 1030. The number of thiophene rings is 1. The first-order valence-corrected chi connectivity index (χ1v) is 9.21. The summed E-state index contributed by atoms with van der Waals surface area (Å²) in [5.74, 6) is 0.0511. The van der Waals surface area contributed by atoms with Crippen molar-refractivity contribution in [3.63, 3.8) is 0 Å². The fourth-order valence-corrected chi connectivity index (χ4v) is 4.37. The number of aryl methyl sites for hydroxylation is 3. The van der Waals surface area contributed by atoms with Gasteiger partial charge in [0.15, 0.2) is 0 Å². The van der Waals surface area contributed by atoms with E-state index in [1.165, 1.54) is 16.9 Å². The Morgan fingerprint density at radius 3 is 2.92 bits per heavy atom. The summed E-state index contributed by atoms with van der Waals surface area (Å²) in [6.07, 6.45) is 2.75. The maximum absolute atomic E-state index is 12.7. The molecule has 0 N–H and O–H groups in total. The lowest BCUT2D eigenvalue weighted by atomic mass is 10.2. The fraction of sp³-hybridized carbons (Fsp3) is 0.316. The smallest absolute Gasteiger partial charge is 0.262 e. The summed E-state index contributed by atoms with van der Waals surface area (Å²) < 4.78 is 1.56. The second-order valence-electron chi connectivity index (χ2n) is 6.38. The monoisotopic (exact) mass is 353 g/mol. The first kappa shape index (κ1) is 16.0. The minimum absolute atomic E-state index is 0.0511. The molecule has 25 heavy (non-hydrogen) atoms. The van der Waals surface area contributed by atoms with Crippen molar-refractivity contribution < 1.29 is 4.79 Å². The Morgan fingerprint density at radius 1 is 1.28 bits per heavy atom. The lowest BCUT2D eigenvalue weighted by Crippen LogP contribution is -2.31. The number of benzene rings is 1. The predicted molar refractivity (Wildman–Crippen MR) is 100 cm³/mol. The zero-order chi connectivity index (χ0) is 17.6. The Balaban J connectivity index is 1.55. The molecule has 3 aromatic rings. The molecule has 2 aromatic heterocycles. The molecule has 0 aliphatic carbocycles. The lowest BCUT2D eigenvalue weighted by Gasteiger charge is -2.17. The summed E-state index contributed by atoms with van der Waals surface area (Å²) in [5.41, 5.74) is 3.14. The van der Waals surface area contributed by atoms with Crippen LogP contribution in [0.15, 0.2) is 35.4 Å². The van der Waals surface area contributed by atoms with E-state index in [1.54, 1.807) is 10.9 Å². The number of carbonyl (C=O) groups is 1. The number of fused-ring (bicyclic) bond motifs is 2. The molecule has 5 nitrogen and oxygen atoms in total. The van der Waals surface area contributed by atoms with E-state index in [9.17, 15) is 9.59 Å². The second kappa shape index (κ2) is 6.11. The summed E-state index contributed by atoms with van der Waals surface area (Å²) in [5, 5.41) is 0.684. The van der Waals surface area contributed by atoms with Gasteiger partial charge in [0.05, 0.1) is 11.7 Å². The van der Waals surface area contributed by atoms with Crippen molar-refractivity contribution in [2.75, 3.05) is 11.4 Å². The second-order valence-corrected chi connectivity index (χ2v) is 7.58. The van der Waals surface area contributed by atoms with E-state index in [2.05, 4.69) is 11.1 Å². The van der Waals surface area contributed by atoms with Crippen molar-refractivity contribution in [2.24, 2.45) is 0 Å². The van der Waals surface area contributed by atoms with E-state index in [-0.39, 0.29) is 11.5 Å². The van der Waals surface area contributed by atoms with Crippen LogP contribution in [0.1, 0.15) is 22.4 Å². The van der Waals surface area contributed by atoms with Gasteiger partial charge >= 0.3 is 0 Å². The molecule has 4 rings (SSSR count). The molecular formula is C19H19N3O2S. The number of hydrogen-bond acceptors (Lipinski definition) is 4. The molecule has 1 amide bonds. The molecule has 0 unspecified atom stereocenters. The molecule has 0 atom stereocenters. The van der Waals surface area contributed by atoms with Gasteiger partial charge in [0.1, 0.15) is 4.83 Å². The van der Waals surface area contributed by atoms with Crippen LogP contribution in [-0.4, -0.2) is 22.0 Å². The van der Waals surface area contributed by atoms with Gasteiger partial charge in [0, 0.05) is 30.1 Å². The molecule has 0 fully saturated rings. The highest BCUT2D eigenvalue weighted by molar-refractivity contribution is 7.18. The molecular weight excluding hydrogens is 334 g/mol. The van der Waals surface area contributed by atoms with Crippen LogP contribution < -0.4 is 10.5 Å². The normalized spacial score (nSPS) is 13.4. The number of amides is 1. The van der Waals surface area contributed by atoms with Gasteiger partial charge in [-0.3, -0.25) is 14.2 Å². The van der Waals surface area contributed by atoms with Crippen LogP contribution in [0, 0.1) is 13.8 Å². The first-order chi connectivity index (χ1) is 12.1. The van der Waals surface area contributed by atoms with Gasteiger partial charge in [-0.05, 0) is 37.5 Å². The zero-order valence-corrected chi connectivity index (χ0v) is 15.1. The van der Waals surface area contributed by atoms with E-state index in [1.807, 2.05) is 36.9 Å². The molecule has 0 saturated carbocycles. The van der Waals surface area contributed by atoms with Gasteiger partial charge in [0.25, 0.3) is 5.56 Å². The van der Waals surface area contributed by atoms with E-state index >= 15 is 0 Å². The van der Waals surface area contributed by atoms with Gasteiger partial charge in [-0.25, -0.2) is 4.98 Å². The van der Waals surface area contributed by atoms with Crippen molar-refractivity contribution in [2.45, 2.75) is 33.2 Å². The van der Waals surface area contributed by atoms with E-state index in [0.717, 1.165) is 27.4 Å².